The van der Waals surface area contributed by atoms with Crippen molar-refractivity contribution < 1.29 is 9.59 Å². The summed E-state index contributed by atoms with van der Waals surface area (Å²) in [4.78, 5) is 24.4. The van der Waals surface area contributed by atoms with Crippen LogP contribution in [0.3, 0.4) is 0 Å². The lowest BCUT2D eigenvalue weighted by Crippen LogP contribution is -2.23. The first-order valence-electron chi connectivity index (χ1n) is 7.42. The van der Waals surface area contributed by atoms with Crippen molar-refractivity contribution >= 4 is 23.0 Å². The molecule has 3 nitrogen and oxygen atoms in total. The molecule has 1 aromatic carbocycles. The van der Waals surface area contributed by atoms with E-state index in [1.54, 1.807) is 12.1 Å². The third-order valence-corrected chi connectivity index (χ3v) is 4.77. The highest BCUT2D eigenvalue weighted by Crippen LogP contribution is 2.17. The highest BCUT2D eigenvalue weighted by molar-refractivity contribution is 7.15. The third-order valence-electron chi connectivity index (χ3n) is 3.58. The van der Waals surface area contributed by atoms with Crippen LogP contribution in [0.5, 0.6) is 0 Å². The van der Waals surface area contributed by atoms with Gasteiger partial charge >= 0.3 is 0 Å². The topological polar surface area (TPSA) is 46.2 Å². The highest BCUT2D eigenvalue weighted by atomic mass is 32.1. The van der Waals surface area contributed by atoms with Crippen molar-refractivity contribution in [2.45, 2.75) is 33.6 Å². The SMILES string of the molecule is CC(=O)c1ccc(C(=O)NCCCc2ccc(C)cc2C)s1. The summed E-state index contributed by atoms with van der Waals surface area (Å²) >= 11 is 1.25. The first kappa shape index (κ1) is 16.4. The van der Waals surface area contributed by atoms with Gasteiger partial charge in [-0.2, -0.15) is 0 Å². The van der Waals surface area contributed by atoms with Crippen LogP contribution in [0.4, 0.5) is 0 Å². The largest absolute Gasteiger partial charge is 0.351 e. The Bertz CT molecular complexity index is 688. The van der Waals surface area contributed by atoms with Gasteiger partial charge in [0.1, 0.15) is 0 Å². The molecule has 0 aliphatic carbocycles. The van der Waals surface area contributed by atoms with E-state index in [0.717, 1.165) is 12.8 Å². The average molecular weight is 315 g/mol. The normalized spacial score (nSPS) is 10.5. The fraction of sp³-hybridized carbons (Fsp3) is 0.333. The molecular weight excluding hydrogens is 294 g/mol. The van der Waals surface area contributed by atoms with Gasteiger partial charge in [0.2, 0.25) is 0 Å². The van der Waals surface area contributed by atoms with Gasteiger partial charge < -0.3 is 5.32 Å². The number of rotatable bonds is 6. The van der Waals surface area contributed by atoms with E-state index < -0.39 is 0 Å². The zero-order valence-electron chi connectivity index (χ0n) is 13.2. The minimum absolute atomic E-state index is 0.00102. The summed E-state index contributed by atoms with van der Waals surface area (Å²) < 4.78 is 0. The van der Waals surface area contributed by atoms with Crippen LogP contribution >= 0.6 is 11.3 Å². The number of thiophene rings is 1. The number of benzene rings is 1. The van der Waals surface area contributed by atoms with Crippen molar-refractivity contribution in [1.29, 1.82) is 0 Å². The van der Waals surface area contributed by atoms with Crippen LogP contribution in [0.1, 0.15) is 49.4 Å². The van der Waals surface area contributed by atoms with Gasteiger partial charge in [-0.3, -0.25) is 9.59 Å². The maximum Gasteiger partial charge on any atom is 0.261 e. The van der Waals surface area contributed by atoms with Crippen LogP contribution in [0.25, 0.3) is 0 Å². The Balaban J connectivity index is 1.80. The molecule has 1 heterocycles. The first-order valence-corrected chi connectivity index (χ1v) is 8.24. The Kier molecular flexibility index (Phi) is 5.50. The predicted octanol–water partition coefficient (Wildman–Crippen LogP) is 3.93. The number of amides is 1. The molecule has 116 valence electrons. The summed E-state index contributed by atoms with van der Waals surface area (Å²) in [6.45, 7) is 6.36. The number of nitrogens with one attached hydrogen (secondary N) is 1. The Labute approximate surface area is 135 Å². The Morgan fingerprint density at radius 2 is 1.82 bits per heavy atom. The van der Waals surface area contributed by atoms with E-state index >= 15 is 0 Å². The summed E-state index contributed by atoms with van der Waals surface area (Å²) in [5.41, 5.74) is 3.90. The molecule has 4 heteroatoms. The molecule has 0 aliphatic heterocycles. The number of carbonyl (C=O) groups excluding carboxylic acids is 2. The Hall–Kier alpha value is -1.94. The molecule has 0 saturated heterocycles. The second kappa shape index (κ2) is 7.36. The lowest BCUT2D eigenvalue weighted by atomic mass is 10.0. The van der Waals surface area contributed by atoms with E-state index in [9.17, 15) is 9.59 Å². The quantitative estimate of drug-likeness (QED) is 0.648. The Morgan fingerprint density at radius 1 is 1.09 bits per heavy atom. The monoisotopic (exact) mass is 315 g/mol. The van der Waals surface area contributed by atoms with E-state index in [1.165, 1.54) is 35.0 Å². The van der Waals surface area contributed by atoms with E-state index in [4.69, 9.17) is 0 Å². The fourth-order valence-electron chi connectivity index (χ4n) is 2.34. The maximum absolute atomic E-state index is 12.0. The fourth-order valence-corrected chi connectivity index (χ4v) is 3.16. The van der Waals surface area contributed by atoms with Crippen LogP contribution < -0.4 is 5.32 Å². The lowest BCUT2D eigenvalue weighted by molar-refractivity contribution is 0.0956. The van der Waals surface area contributed by atoms with Crippen LogP contribution in [0, 0.1) is 13.8 Å². The molecule has 22 heavy (non-hydrogen) atoms. The standard InChI is InChI=1S/C18H21NO2S/c1-12-6-7-15(13(2)11-12)5-4-10-19-18(21)17-9-8-16(22-17)14(3)20/h6-9,11H,4-5,10H2,1-3H3,(H,19,21). The molecule has 2 aromatic rings. The molecule has 0 fully saturated rings. The number of hydrogen-bond donors (Lipinski definition) is 1. The van der Waals surface area contributed by atoms with Crippen LogP contribution in [-0.4, -0.2) is 18.2 Å². The molecule has 0 aliphatic rings. The zero-order valence-corrected chi connectivity index (χ0v) is 14.0. The van der Waals surface area contributed by atoms with E-state index in [1.807, 2.05) is 0 Å². The molecule has 0 spiro atoms. The number of hydrogen-bond acceptors (Lipinski definition) is 3. The molecule has 1 amide bonds. The average Bonchev–Trinajstić information content (AvgIpc) is 2.95. The van der Waals surface area contributed by atoms with Gasteiger partial charge in [0.15, 0.2) is 5.78 Å². The lowest BCUT2D eigenvalue weighted by Gasteiger charge is -2.07. The molecule has 0 bridgehead atoms. The third kappa shape index (κ3) is 4.28. The zero-order chi connectivity index (χ0) is 16.1. The van der Waals surface area contributed by atoms with Crippen molar-refractivity contribution in [3.8, 4) is 0 Å². The molecule has 0 unspecified atom stereocenters. The van der Waals surface area contributed by atoms with Gasteiger partial charge in [-0.05, 0) is 56.9 Å². The minimum atomic E-state index is -0.0990. The number of carbonyl (C=O) groups is 2. The van der Waals surface area contributed by atoms with Crippen LogP contribution in [0.15, 0.2) is 30.3 Å². The molecule has 0 atom stereocenters. The van der Waals surface area contributed by atoms with Gasteiger partial charge in [-0.1, -0.05) is 23.8 Å². The maximum atomic E-state index is 12.0. The van der Waals surface area contributed by atoms with E-state index in [0.29, 0.717) is 16.3 Å². The first-order chi connectivity index (χ1) is 10.5. The molecule has 0 radical (unpaired) electrons. The summed E-state index contributed by atoms with van der Waals surface area (Å²) in [6, 6.07) is 9.88. The van der Waals surface area contributed by atoms with Crippen LogP contribution in [0.2, 0.25) is 0 Å². The number of ketones is 1. The van der Waals surface area contributed by atoms with Crippen LogP contribution in [-0.2, 0) is 6.42 Å². The van der Waals surface area contributed by atoms with Gasteiger partial charge in [0.25, 0.3) is 5.91 Å². The van der Waals surface area contributed by atoms with Gasteiger partial charge in [-0.15, -0.1) is 11.3 Å². The molecule has 0 saturated carbocycles. The summed E-state index contributed by atoms with van der Waals surface area (Å²) in [6.07, 6.45) is 1.86. The molecule has 1 aromatic heterocycles. The smallest absolute Gasteiger partial charge is 0.261 e. The molecule has 2 rings (SSSR count). The predicted molar refractivity (Wildman–Crippen MR) is 90.9 cm³/mol. The second-order valence-electron chi connectivity index (χ2n) is 5.51. The Morgan fingerprint density at radius 3 is 2.45 bits per heavy atom. The summed E-state index contributed by atoms with van der Waals surface area (Å²) in [5, 5.41) is 2.91. The van der Waals surface area contributed by atoms with Crippen molar-refractivity contribution in [3.63, 3.8) is 0 Å². The van der Waals surface area contributed by atoms with E-state index in [2.05, 4.69) is 37.4 Å². The van der Waals surface area contributed by atoms with Gasteiger partial charge in [-0.25, -0.2) is 0 Å². The summed E-state index contributed by atoms with van der Waals surface area (Å²) in [5.74, 6) is -0.1000. The van der Waals surface area contributed by atoms with Gasteiger partial charge in [0, 0.05) is 6.54 Å². The number of Topliss-reactive ketones (excluding diaryl/α,β-unsaturated/α-hetero) is 1. The summed E-state index contributed by atoms with van der Waals surface area (Å²) in [7, 11) is 0. The van der Waals surface area contributed by atoms with Crippen molar-refractivity contribution in [2.24, 2.45) is 0 Å². The molecule has 1 N–H and O–H groups in total. The van der Waals surface area contributed by atoms with Crippen molar-refractivity contribution in [1.82, 2.24) is 5.32 Å². The van der Waals surface area contributed by atoms with E-state index in [-0.39, 0.29) is 11.7 Å². The molecular formula is C18H21NO2S. The highest BCUT2D eigenvalue weighted by Gasteiger charge is 2.10. The van der Waals surface area contributed by atoms with Crippen molar-refractivity contribution in [2.75, 3.05) is 6.54 Å². The van der Waals surface area contributed by atoms with Gasteiger partial charge in [0.05, 0.1) is 9.75 Å². The minimum Gasteiger partial charge on any atom is -0.351 e. The second-order valence-corrected chi connectivity index (χ2v) is 6.59. The number of aryl methyl sites for hydroxylation is 3. The van der Waals surface area contributed by atoms with Crippen molar-refractivity contribution in [3.05, 3.63) is 56.8 Å².